The summed E-state index contributed by atoms with van der Waals surface area (Å²) in [7, 11) is 0. The van der Waals surface area contributed by atoms with Gasteiger partial charge in [-0.1, -0.05) is 133 Å². The molecule has 0 bridgehead atoms. The number of benzene rings is 9. The van der Waals surface area contributed by atoms with Crippen molar-refractivity contribution in [3.8, 4) is 78.8 Å². The first-order valence-corrected chi connectivity index (χ1v) is 29.1. The van der Waals surface area contributed by atoms with Crippen molar-refractivity contribution in [3.05, 3.63) is 296 Å². The van der Waals surface area contributed by atoms with E-state index in [0.29, 0.717) is 18.4 Å². The van der Waals surface area contributed by atoms with Crippen LogP contribution in [0.3, 0.4) is 0 Å². The first-order valence-electron chi connectivity index (χ1n) is 29.1. The number of para-hydroxylation sites is 2. The van der Waals surface area contributed by atoms with Crippen molar-refractivity contribution < 1.29 is 0 Å². The van der Waals surface area contributed by atoms with Gasteiger partial charge >= 0.3 is 0 Å². The average Bonchev–Trinajstić information content (AvgIpc) is 1.65. The van der Waals surface area contributed by atoms with Gasteiger partial charge in [0.05, 0.1) is 55.7 Å². The molecule has 9 aromatic carbocycles. The number of fused-ring (bicyclic) bond motifs is 9. The molecule has 7 aromatic heterocycles. The smallest absolute Gasteiger partial charge is 0.102 e. The molecule has 0 aliphatic carbocycles. The molecule has 0 amide bonds. The minimum atomic E-state index is 0.546. The van der Waals surface area contributed by atoms with E-state index in [2.05, 4.69) is 247 Å². The van der Waals surface area contributed by atoms with E-state index in [1.54, 1.807) is 0 Å². The molecular formula is C78H52N8. The van der Waals surface area contributed by atoms with Gasteiger partial charge in [0.25, 0.3) is 0 Å². The monoisotopic (exact) mass is 1100 g/mol. The van der Waals surface area contributed by atoms with E-state index in [9.17, 15) is 5.26 Å². The van der Waals surface area contributed by atoms with E-state index < -0.39 is 0 Å². The minimum Gasteiger partial charge on any atom is -0.309 e. The van der Waals surface area contributed by atoms with Crippen LogP contribution >= 0.6 is 0 Å². The zero-order valence-electron chi connectivity index (χ0n) is 47.0. The zero-order valence-corrected chi connectivity index (χ0v) is 47.0. The highest BCUT2D eigenvalue weighted by atomic mass is 15.1. The molecule has 404 valence electrons. The van der Waals surface area contributed by atoms with Gasteiger partial charge in [-0.05, 0) is 161 Å². The molecule has 86 heavy (non-hydrogen) atoms. The summed E-state index contributed by atoms with van der Waals surface area (Å²) in [5.41, 5.74) is 23.3. The van der Waals surface area contributed by atoms with Crippen LogP contribution < -0.4 is 0 Å². The zero-order chi connectivity index (χ0) is 57.2. The van der Waals surface area contributed by atoms with Gasteiger partial charge in [-0.3, -0.25) is 19.9 Å². The predicted molar refractivity (Wildman–Crippen MR) is 351 cm³/mol. The molecule has 16 rings (SSSR count). The molecule has 8 nitrogen and oxygen atoms in total. The minimum absolute atomic E-state index is 0.546. The Morgan fingerprint density at radius 3 is 1.16 bits per heavy atom. The number of nitriles is 1. The van der Waals surface area contributed by atoms with Gasteiger partial charge in [0.15, 0.2) is 0 Å². The van der Waals surface area contributed by atoms with Crippen LogP contribution in [-0.4, -0.2) is 33.6 Å². The van der Waals surface area contributed by atoms with Crippen LogP contribution in [0.1, 0.15) is 22.3 Å². The van der Waals surface area contributed by atoms with Crippen LogP contribution in [0.15, 0.2) is 274 Å². The van der Waals surface area contributed by atoms with Gasteiger partial charge in [0.2, 0.25) is 0 Å². The molecule has 8 heteroatoms. The van der Waals surface area contributed by atoms with Crippen molar-refractivity contribution >= 4 is 65.4 Å². The van der Waals surface area contributed by atoms with Crippen molar-refractivity contribution in [3.63, 3.8) is 0 Å². The Labute approximate surface area is 496 Å². The Morgan fingerprint density at radius 2 is 0.733 bits per heavy atom. The van der Waals surface area contributed by atoms with Gasteiger partial charge in [-0.25, -0.2) is 0 Å². The van der Waals surface area contributed by atoms with Crippen LogP contribution in [-0.2, 0) is 12.8 Å². The first kappa shape index (κ1) is 50.2. The topological polar surface area (TPSA) is 90.1 Å². The SMILES string of the molecule is Cc1ccccc1-c1ccccc1CCc1c(-n2c3ccc(-c4cccnc4)cc3c3cc(-c4cccnc4)ccc32)cc(-n2c3ccc(-c4cccnc4)cc3c3cc(-c4cccnc4)ccc32)c(-n2c3ccccc3c3ccccc32)c1C#N. The maximum absolute atomic E-state index is 12.6. The lowest BCUT2D eigenvalue weighted by Gasteiger charge is -2.24. The van der Waals surface area contributed by atoms with Crippen LogP contribution in [0.2, 0.25) is 0 Å². The van der Waals surface area contributed by atoms with Crippen LogP contribution in [0.5, 0.6) is 0 Å². The number of hydrogen-bond acceptors (Lipinski definition) is 5. The largest absolute Gasteiger partial charge is 0.309 e. The molecular weight excluding hydrogens is 1050 g/mol. The Morgan fingerprint density at radius 1 is 0.337 bits per heavy atom. The van der Waals surface area contributed by atoms with E-state index >= 15 is 0 Å². The number of pyridine rings is 4. The summed E-state index contributed by atoms with van der Waals surface area (Å²) in [5.74, 6) is 0. The number of aryl methyl sites for hydroxylation is 2. The quantitative estimate of drug-likeness (QED) is 0.129. The average molecular weight is 1100 g/mol. The Balaban J connectivity index is 1.07. The summed E-state index contributed by atoms with van der Waals surface area (Å²) in [5, 5.41) is 19.2. The molecule has 7 heterocycles. The summed E-state index contributed by atoms with van der Waals surface area (Å²) >= 11 is 0. The second-order valence-corrected chi connectivity index (χ2v) is 22.1. The fourth-order valence-electron chi connectivity index (χ4n) is 13.4. The summed E-state index contributed by atoms with van der Waals surface area (Å²) in [6.07, 6.45) is 16.2. The van der Waals surface area contributed by atoms with Gasteiger partial charge in [0.1, 0.15) is 6.07 Å². The van der Waals surface area contributed by atoms with E-state index in [1.165, 1.54) is 22.3 Å². The van der Waals surface area contributed by atoms with E-state index in [0.717, 1.165) is 133 Å². The third-order valence-electron chi connectivity index (χ3n) is 17.4. The molecule has 0 aliphatic rings. The fraction of sp³-hybridized carbons (Fsp3) is 0.0385. The summed E-state index contributed by atoms with van der Waals surface area (Å²) in [4.78, 5) is 18.2. The molecule has 0 unspecified atom stereocenters. The molecule has 0 spiro atoms. The highest BCUT2D eigenvalue weighted by Gasteiger charge is 2.29. The lowest BCUT2D eigenvalue weighted by Crippen LogP contribution is -2.13. The second-order valence-electron chi connectivity index (χ2n) is 22.1. The number of aromatic nitrogens is 7. The Hall–Kier alpha value is -11.5. The van der Waals surface area contributed by atoms with Gasteiger partial charge in [-0.2, -0.15) is 5.26 Å². The number of nitrogens with zero attached hydrogens (tertiary/aromatic N) is 8. The van der Waals surface area contributed by atoms with Crippen molar-refractivity contribution in [2.45, 2.75) is 19.8 Å². The second kappa shape index (κ2) is 20.7. The number of rotatable bonds is 11. The third-order valence-corrected chi connectivity index (χ3v) is 17.4. The molecule has 0 atom stereocenters. The Kier molecular flexibility index (Phi) is 12.1. The van der Waals surface area contributed by atoms with Gasteiger partial charge in [-0.15, -0.1) is 0 Å². The van der Waals surface area contributed by atoms with Crippen molar-refractivity contribution in [1.82, 2.24) is 33.6 Å². The van der Waals surface area contributed by atoms with Gasteiger partial charge < -0.3 is 13.7 Å². The molecule has 0 aliphatic heterocycles. The van der Waals surface area contributed by atoms with Crippen molar-refractivity contribution in [2.75, 3.05) is 0 Å². The van der Waals surface area contributed by atoms with Gasteiger partial charge in [0, 0.05) is 104 Å². The summed E-state index contributed by atoms with van der Waals surface area (Å²) in [6.45, 7) is 2.18. The maximum Gasteiger partial charge on any atom is 0.102 e. The van der Waals surface area contributed by atoms with Crippen LogP contribution in [0.4, 0.5) is 0 Å². The molecule has 0 saturated heterocycles. The van der Waals surface area contributed by atoms with Crippen LogP contribution in [0, 0.1) is 18.3 Å². The predicted octanol–water partition coefficient (Wildman–Crippen LogP) is 18.9. The highest BCUT2D eigenvalue weighted by molar-refractivity contribution is 6.15. The third kappa shape index (κ3) is 8.28. The molecule has 0 N–H and O–H groups in total. The summed E-state index contributed by atoms with van der Waals surface area (Å²) < 4.78 is 7.22. The first-order chi connectivity index (χ1) is 42.6. The van der Waals surface area contributed by atoms with Crippen LogP contribution in [0.25, 0.3) is 138 Å². The molecule has 0 fully saturated rings. The maximum atomic E-state index is 12.6. The molecule has 0 saturated carbocycles. The lowest BCUT2D eigenvalue weighted by molar-refractivity contribution is 0.929. The molecule has 16 aromatic rings. The summed E-state index contributed by atoms with van der Waals surface area (Å²) in [6, 6.07) is 83.5. The van der Waals surface area contributed by atoms with Crippen molar-refractivity contribution in [1.29, 1.82) is 5.26 Å². The van der Waals surface area contributed by atoms with Crippen molar-refractivity contribution in [2.24, 2.45) is 0 Å². The normalized spacial score (nSPS) is 11.6. The fourth-order valence-corrected chi connectivity index (χ4v) is 13.4. The highest BCUT2D eigenvalue weighted by Crippen LogP contribution is 2.46. The standard InChI is InChI=1S/C78H52N8/c1-50-14-2-4-20-60(50)61-21-5-3-15-51(61)26-31-64-69(45-79)78(86-70-24-8-6-22-62(70)63-23-7-9-25-71(63)86)77(85-74-34-29-54(58-18-12-38-82-48-58)42-67(74)68-43-55(30-35-75(68)85)59-19-13-39-83-49-59)44-76(64)84-72-32-27-52(56-16-10-36-80-46-56)40-65(72)66-41-53(28-33-73(66)84)57-17-11-37-81-47-57/h2-25,27-30,32-44,46-49H,26,31H2,1H3. The van der Waals surface area contributed by atoms with E-state index in [1.807, 2.05) is 73.8 Å². The number of hydrogen-bond donors (Lipinski definition) is 0. The van der Waals surface area contributed by atoms with E-state index in [4.69, 9.17) is 0 Å². The van der Waals surface area contributed by atoms with E-state index in [-0.39, 0.29) is 0 Å². The lowest BCUT2D eigenvalue weighted by atomic mass is 9.90. The Bertz CT molecular complexity index is 5120. The molecule has 0 radical (unpaired) electrons.